The van der Waals surface area contributed by atoms with Gasteiger partial charge in [0.1, 0.15) is 5.82 Å². The summed E-state index contributed by atoms with van der Waals surface area (Å²) in [6.45, 7) is 6.34. The normalized spacial score (nSPS) is 11.3. The van der Waals surface area contributed by atoms with Crippen molar-refractivity contribution >= 4 is 11.7 Å². The average Bonchev–Trinajstić information content (AvgIpc) is 2.87. The van der Waals surface area contributed by atoms with Crippen LogP contribution in [0.5, 0.6) is 0 Å². The molecule has 0 atom stereocenters. The first-order valence-corrected chi connectivity index (χ1v) is 6.32. The zero-order chi connectivity index (χ0) is 14.8. The number of nitrogens with one attached hydrogen (secondary N) is 1. The van der Waals surface area contributed by atoms with Crippen LogP contribution in [-0.4, -0.2) is 16.0 Å². The zero-order valence-corrected chi connectivity index (χ0v) is 11.8. The second-order valence-electron chi connectivity index (χ2n) is 5.58. The van der Waals surface area contributed by atoms with Crippen LogP contribution in [0.3, 0.4) is 0 Å². The third-order valence-electron chi connectivity index (χ3n) is 2.79. The first-order chi connectivity index (χ1) is 9.36. The van der Waals surface area contributed by atoms with Gasteiger partial charge in [-0.05, 0) is 12.1 Å². The monoisotopic (exact) mass is 274 g/mol. The summed E-state index contributed by atoms with van der Waals surface area (Å²) in [6, 6.07) is 5.01. The van der Waals surface area contributed by atoms with Crippen molar-refractivity contribution in [2.75, 3.05) is 5.73 Å². The number of amides is 1. The molecule has 1 amide bonds. The fraction of sp³-hybridized carbons (Fsp3) is 0.357. The highest BCUT2D eigenvalue weighted by Gasteiger charge is 2.18. The van der Waals surface area contributed by atoms with E-state index in [-0.39, 0.29) is 17.9 Å². The number of carbonyl (C=O) groups excluding carboxylic acids is 1. The molecule has 0 aromatic carbocycles. The van der Waals surface area contributed by atoms with Gasteiger partial charge in [0, 0.05) is 22.7 Å². The maximum atomic E-state index is 12.1. The van der Waals surface area contributed by atoms with E-state index < -0.39 is 0 Å². The zero-order valence-electron chi connectivity index (χ0n) is 11.8. The van der Waals surface area contributed by atoms with Crippen LogP contribution in [0, 0.1) is 0 Å². The van der Waals surface area contributed by atoms with E-state index in [1.807, 2.05) is 20.8 Å². The molecule has 2 rings (SSSR count). The molecule has 0 bridgehead atoms. The number of nitrogens with zero attached hydrogens (tertiary/aromatic N) is 2. The van der Waals surface area contributed by atoms with Crippen LogP contribution in [0.15, 0.2) is 28.9 Å². The number of nitrogens with two attached hydrogens (primary N) is 1. The maximum Gasteiger partial charge on any atom is 0.251 e. The average molecular weight is 274 g/mol. The van der Waals surface area contributed by atoms with Gasteiger partial charge in [-0.1, -0.05) is 25.9 Å². The smallest absolute Gasteiger partial charge is 0.251 e. The van der Waals surface area contributed by atoms with Gasteiger partial charge in [0.2, 0.25) is 0 Å². The Morgan fingerprint density at radius 1 is 1.40 bits per heavy atom. The Kier molecular flexibility index (Phi) is 3.74. The van der Waals surface area contributed by atoms with E-state index in [1.54, 1.807) is 18.2 Å². The summed E-state index contributed by atoms with van der Waals surface area (Å²) in [7, 11) is 0. The van der Waals surface area contributed by atoms with Crippen LogP contribution in [0.4, 0.5) is 5.82 Å². The second-order valence-corrected chi connectivity index (χ2v) is 5.58. The van der Waals surface area contributed by atoms with Crippen LogP contribution in [0.1, 0.15) is 42.6 Å². The van der Waals surface area contributed by atoms with Crippen LogP contribution >= 0.6 is 0 Å². The third kappa shape index (κ3) is 3.34. The molecule has 3 N–H and O–H groups in total. The molecule has 2 heterocycles. The fourth-order valence-electron chi connectivity index (χ4n) is 1.67. The molecule has 0 spiro atoms. The largest absolute Gasteiger partial charge is 0.384 e. The highest BCUT2D eigenvalue weighted by atomic mass is 16.5. The highest BCUT2D eigenvalue weighted by molar-refractivity contribution is 5.94. The summed E-state index contributed by atoms with van der Waals surface area (Å²) in [5.41, 5.74) is 6.86. The number of hydrogen-bond acceptors (Lipinski definition) is 5. The standard InChI is InChI=1S/C14H18N4O2/c1-14(2,3)11-6-9(7-12(15)18-11)13(19)16-8-10-4-5-17-20-10/h4-7H,8H2,1-3H3,(H2,15,18)(H,16,19). The van der Waals surface area contributed by atoms with Gasteiger partial charge in [0.15, 0.2) is 5.76 Å². The lowest BCUT2D eigenvalue weighted by Gasteiger charge is -2.19. The Morgan fingerprint density at radius 3 is 2.75 bits per heavy atom. The first kappa shape index (κ1) is 14.0. The quantitative estimate of drug-likeness (QED) is 0.891. The van der Waals surface area contributed by atoms with Gasteiger partial charge >= 0.3 is 0 Å². The van der Waals surface area contributed by atoms with Gasteiger partial charge in [-0.2, -0.15) is 0 Å². The van der Waals surface area contributed by atoms with Gasteiger partial charge in [0.05, 0.1) is 12.7 Å². The molecule has 0 saturated heterocycles. The molecule has 2 aromatic rings. The predicted octanol–water partition coefficient (Wildman–Crippen LogP) is 1.88. The highest BCUT2D eigenvalue weighted by Crippen LogP contribution is 2.22. The number of rotatable bonds is 3. The molecular weight excluding hydrogens is 256 g/mol. The van der Waals surface area contributed by atoms with Gasteiger partial charge in [-0.25, -0.2) is 4.98 Å². The van der Waals surface area contributed by atoms with Crippen LogP contribution in [0.25, 0.3) is 0 Å². The predicted molar refractivity (Wildman–Crippen MR) is 75.0 cm³/mol. The summed E-state index contributed by atoms with van der Waals surface area (Å²) < 4.78 is 4.92. The van der Waals surface area contributed by atoms with Crippen LogP contribution in [-0.2, 0) is 12.0 Å². The number of aromatic nitrogens is 2. The summed E-state index contributed by atoms with van der Waals surface area (Å²) in [4.78, 5) is 16.4. The minimum Gasteiger partial charge on any atom is -0.384 e. The molecule has 0 fully saturated rings. The van der Waals surface area contributed by atoms with E-state index in [1.165, 1.54) is 6.20 Å². The lowest BCUT2D eigenvalue weighted by molar-refractivity contribution is 0.0947. The van der Waals surface area contributed by atoms with E-state index in [4.69, 9.17) is 10.3 Å². The Labute approximate surface area is 117 Å². The lowest BCUT2D eigenvalue weighted by Crippen LogP contribution is -2.24. The van der Waals surface area contributed by atoms with Crippen molar-refractivity contribution in [1.82, 2.24) is 15.5 Å². The van der Waals surface area contributed by atoms with E-state index in [9.17, 15) is 4.79 Å². The van der Waals surface area contributed by atoms with Gasteiger partial charge in [-0.3, -0.25) is 4.79 Å². The van der Waals surface area contributed by atoms with E-state index in [0.717, 1.165) is 5.69 Å². The summed E-state index contributed by atoms with van der Waals surface area (Å²) >= 11 is 0. The maximum absolute atomic E-state index is 12.1. The van der Waals surface area contributed by atoms with Crippen molar-refractivity contribution in [2.45, 2.75) is 32.7 Å². The SMILES string of the molecule is CC(C)(C)c1cc(C(=O)NCc2ccno2)cc(N)n1. The molecular formula is C14H18N4O2. The summed E-state index contributed by atoms with van der Waals surface area (Å²) in [5, 5.41) is 6.33. The number of carbonyl (C=O) groups is 1. The number of hydrogen-bond donors (Lipinski definition) is 2. The molecule has 2 aromatic heterocycles. The molecule has 0 saturated carbocycles. The molecule has 20 heavy (non-hydrogen) atoms. The number of pyridine rings is 1. The number of nitrogen functional groups attached to an aromatic ring is 1. The Morgan fingerprint density at radius 2 is 2.15 bits per heavy atom. The van der Waals surface area contributed by atoms with Gasteiger partial charge < -0.3 is 15.6 Å². The Hall–Kier alpha value is -2.37. The lowest BCUT2D eigenvalue weighted by atomic mass is 9.90. The summed E-state index contributed by atoms with van der Waals surface area (Å²) in [5.74, 6) is 0.708. The van der Waals surface area contributed by atoms with Crippen molar-refractivity contribution in [3.05, 3.63) is 41.4 Å². The van der Waals surface area contributed by atoms with E-state index >= 15 is 0 Å². The van der Waals surface area contributed by atoms with Crippen molar-refractivity contribution in [1.29, 1.82) is 0 Å². The van der Waals surface area contributed by atoms with Gasteiger partial charge in [-0.15, -0.1) is 0 Å². The minimum absolute atomic E-state index is 0.171. The second kappa shape index (κ2) is 5.32. The molecule has 0 radical (unpaired) electrons. The van der Waals surface area contributed by atoms with Crippen LogP contribution < -0.4 is 11.1 Å². The van der Waals surface area contributed by atoms with E-state index in [0.29, 0.717) is 17.1 Å². The van der Waals surface area contributed by atoms with Crippen molar-refractivity contribution in [2.24, 2.45) is 0 Å². The van der Waals surface area contributed by atoms with Gasteiger partial charge in [0.25, 0.3) is 5.91 Å². The molecule has 0 aliphatic carbocycles. The fourth-order valence-corrected chi connectivity index (χ4v) is 1.67. The van der Waals surface area contributed by atoms with Crippen LogP contribution in [0.2, 0.25) is 0 Å². The molecule has 0 aliphatic heterocycles. The first-order valence-electron chi connectivity index (χ1n) is 6.32. The van der Waals surface area contributed by atoms with Crippen molar-refractivity contribution in [3.8, 4) is 0 Å². The van der Waals surface area contributed by atoms with E-state index in [2.05, 4.69) is 15.5 Å². The topological polar surface area (TPSA) is 94.0 Å². The molecule has 6 heteroatoms. The minimum atomic E-state index is -0.221. The molecule has 0 aliphatic rings. The molecule has 6 nitrogen and oxygen atoms in total. The Bertz CT molecular complexity index is 600. The Balaban J connectivity index is 2.15. The van der Waals surface area contributed by atoms with Crippen molar-refractivity contribution < 1.29 is 9.32 Å². The van der Waals surface area contributed by atoms with Crippen molar-refractivity contribution in [3.63, 3.8) is 0 Å². The summed E-state index contributed by atoms with van der Waals surface area (Å²) in [6.07, 6.45) is 1.53. The number of anilines is 1. The molecule has 106 valence electrons. The molecule has 0 unspecified atom stereocenters. The third-order valence-corrected chi connectivity index (χ3v) is 2.79.